The number of methoxy groups -OCH3 is 2. The van der Waals surface area contributed by atoms with Gasteiger partial charge in [0.25, 0.3) is 0 Å². The second-order valence-electron chi connectivity index (χ2n) is 5.21. The number of carbonyl (C=O) groups is 1. The molecule has 0 aliphatic carbocycles. The number of pyridine rings is 1. The predicted octanol–water partition coefficient (Wildman–Crippen LogP) is 3.31. The van der Waals surface area contributed by atoms with Crippen LogP contribution in [-0.4, -0.2) is 30.3 Å². The summed E-state index contributed by atoms with van der Waals surface area (Å²) in [4.78, 5) is 16.1. The molecule has 21 heavy (non-hydrogen) atoms. The molecule has 1 atom stereocenters. The maximum absolute atomic E-state index is 11.8. The number of aliphatic carboxylic acids is 1. The fourth-order valence-corrected chi connectivity index (χ4v) is 2.54. The summed E-state index contributed by atoms with van der Waals surface area (Å²) in [7, 11) is 3.10. The van der Waals surface area contributed by atoms with Crippen molar-refractivity contribution in [3.63, 3.8) is 0 Å². The van der Waals surface area contributed by atoms with Crippen molar-refractivity contribution in [3.05, 3.63) is 18.0 Å². The Balaban J connectivity index is 3.17. The first-order chi connectivity index (χ1) is 10.0. The van der Waals surface area contributed by atoms with E-state index in [-0.39, 0.29) is 0 Å². The van der Waals surface area contributed by atoms with E-state index in [0.717, 1.165) is 12.8 Å². The lowest BCUT2D eigenvalue weighted by Crippen LogP contribution is -2.33. The topological polar surface area (TPSA) is 68.7 Å². The van der Waals surface area contributed by atoms with Crippen LogP contribution >= 0.6 is 0 Å². The molecule has 0 spiro atoms. The Kier molecular flexibility index (Phi) is 6.46. The molecule has 5 heteroatoms. The summed E-state index contributed by atoms with van der Waals surface area (Å²) in [5.41, 5.74) is -0.167. The van der Waals surface area contributed by atoms with E-state index in [1.165, 1.54) is 0 Å². The predicted molar refractivity (Wildman–Crippen MR) is 80.9 cm³/mol. The van der Waals surface area contributed by atoms with Crippen LogP contribution in [0.3, 0.4) is 0 Å². The number of hydrogen-bond donors (Lipinski definition) is 1. The number of unbranched alkanes of at least 4 members (excludes halogenated alkanes) is 1. The molecule has 1 rings (SSSR count). The molecule has 118 valence electrons. The highest BCUT2D eigenvalue weighted by Gasteiger charge is 2.37. The summed E-state index contributed by atoms with van der Waals surface area (Å²) in [6.07, 6.45) is 5.02. The van der Waals surface area contributed by atoms with Crippen LogP contribution in [0.1, 0.15) is 45.2 Å². The minimum Gasteiger partial charge on any atom is -0.493 e. The van der Waals surface area contributed by atoms with Crippen molar-refractivity contribution in [2.75, 3.05) is 14.2 Å². The molecule has 1 N–H and O–H groups in total. The molecule has 1 unspecified atom stereocenters. The first-order valence-electron chi connectivity index (χ1n) is 7.33. The molecule has 0 aromatic carbocycles. The van der Waals surface area contributed by atoms with Crippen LogP contribution in [0.2, 0.25) is 0 Å². The highest BCUT2D eigenvalue weighted by molar-refractivity contribution is 5.75. The molecule has 1 aromatic rings. The summed E-state index contributed by atoms with van der Waals surface area (Å²) >= 11 is 0. The average Bonchev–Trinajstić information content (AvgIpc) is 2.50. The van der Waals surface area contributed by atoms with Crippen LogP contribution in [0.25, 0.3) is 0 Å². The van der Waals surface area contributed by atoms with Crippen molar-refractivity contribution in [3.8, 4) is 11.5 Å². The first kappa shape index (κ1) is 17.3. The van der Waals surface area contributed by atoms with Crippen molar-refractivity contribution in [1.29, 1.82) is 0 Å². The smallest absolute Gasteiger partial charge is 0.310 e. The summed E-state index contributed by atoms with van der Waals surface area (Å²) < 4.78 is 10.6. The zero-order valence-corrected chi connectivity index (χ0v) is 13.3. The number of nitrogens with zero attached hydrogens (tertiary/aromatic N) is 1. The van der Waals surface area contributed by atoms with Crippen molar-refractivity contribution in [2.24, 2.45) is 5.41 Å². The van der Waals surface area contributed by atoms with E-state index in [2.05, 4.69) is 11.9 Å². The Hall–Kier alpha value is -1.78. The van der Waals surface area contributed by atoms with Crippen molar-refractivity contribution in [2.45, 2.75) is 46.0 Å². The van der Waals surface area contributed by atoms with E-state index in [1.54, 1.807) is 26.5 Å². The number of carboxylic acids is 1. The summed E-state index contributed by atoms with van der Waals surface area (Å²) in [6.45, 7) is 3.98. The minimum absolute atomic E-state index is 0.346. The Bertz CT molecular complexity index is 475. The van der Waals surface area contributed by atoms with Gasteiger partial charge in [-0.3, -0.25) is 9.78 Å². The van der Waals surface area contributed by atoms with Gasteiger partial charge in [-0.1, -0.05) is 26.7 Å². The number of ether oxygens (including phenoxy) is 2. The van der Waals surface area contributed by atoms with Gasteiger partial charge in [-0.05, 0) is 12.8 Å². The zero-order chi connectivity index (χ0) is 15.9. The molecular formula is C16H25NO4. The van der Waals surface area contributed by atoms with E-state index in [4.69, 9.17) is 9.47 Å². The summed E-state index contributed by atoms with van der Waals surface area (Å²) in [5, 5.41) is 9.70. The molecule has 0 amide bonds. The van der Waals surface area contributed by atoms with Crippen molar-refractivity contribution < 1.29 is 19.4 Å². The molecule has 0 saturated heterocycles. The van der Waals surface area contributed by atoms with Gasteiger partial charge in [-0.15, -0.1) is 0 Å². The lowest BCUT2D eigenvalue weighted by Gasteiger charge is -2.28. The van der Waals surface area contributed by atoms with Gasteiger partial charge in [-0.25, -0.2) is 0 Å². The molecular weight excluding hydrogens is 270 g/mol. The van der Waals surface area contributed by atoms with Gasteiger partial charge in [0.05, 0.1) is 25.3 Å². The third kappa shape index (κ3) is 3.86. The highest BCUT2D eigenvalue weighted by Crippen LogP contribution is 2.38. The normalized spacial score (nSPS) is 13.5. The molecule has 0 fully saturated rings. The second-order valence-corrected chi connectivity index (χ2v) is 5.21. The van der Waals surface area contributed by atoms with Gasteiger partial charge in [0.15, 0.2) is 11.5 Å². The maximum Gasteiger partial charge on any atom is 0.310 e. The van der Waals surface area contributed by atoms with Crippen molar-refractivity contribution >= 4 is 5.97 Å². The fraction of sp³-hybridized carbons (Fsp3) is 0.625. The van der Waals surface area contributed by atoms with Crippen LogP contribution < -0.4 is 9.47 Å². The zero-order valence-electron chi connectivity index (χ0n) is 13.3. The molecule has 0 bridgehead atoms. The molecule has 0 radical (unpaired) electrons. The SMILES string of the molecule is CCCCC(CC)(Cc1nccc(OC)c1OC)C(=O)O. The number of aromatic nitrogens is 1. The number of rotatable bonds is 9. The van der Waals surface area contributed by atoms with Gasteiger partial charge in [0.2, 0.25) is 0 Å². The maximum atomic E-state index is 11.8. The Labute approximate surface area is 126 Å². The Morgan fingerprint density at radius 1 is 1.33 bits per heavy atom. The largest absolute Gasteiger partial charge is 0.493 e. The standard InChI is InChI=1S/C16H25NO4/c1-5-7-9-16(6-2,15(18)19)11-12-14(21-4)13(20-3)8-10-17-12/h8,10H,5-7,9,11H2,1-4H3,(H,18,19). The molecule has 1 aromatic heterocycles. The monoisotopic (exact) mass is 295 g/mol. The lowest BCUT2D eigenvalue weighted by atomic mass is 9.76. The number of carboxylic acid groups (broad SMARTS) is 1. The van der Waals surface area contributed by atoms with E-state index in [9.17, 15) is 9.90 Å². The van der Waals surface area contributed by atoms with Crippen molar-refractivity contribution in [1.82, 2.24) is 4.98 Å². The van der Waals surface area contributed by atoms with E-state index < -0.39 is 11.4 Å². The third-order valence-corrected chi connectivity index (χ3v) is 4.01. The molecule has 1 heterocycles. The molecule has 0 aliphatic heterocycles. The van der Waals surface area contributed by atoms with Crippen LogP contribution in [-0.2, 0) is 11.2 Å². The van der Waals surface area contributed by atoms with Gasteiger partial charge in [0, 0.05) is 18.7 Å². The first-order valence-corrected chi connectivity index (χ1v) is 7.33. The quantitative estimate of drug-likeness (QED) is 0.757. The Morgan fingerprint density at radius 2 is 2.05 bits per heavy atom. The molecule has 0 saturated carbocycles. The van der Waals surface area contributed by atoms with Crippen LogP contribution in [0, 0.1) is 5.41 Å². The average molecular weight is 295 g/mol. The van der Waals surface area contributed by atoms with Crippen LogP contribution in [0.4, 0.5) is 0 Å². The highest BCUT2D eigenvalue weighted by atomic mass is 16.5. The molecule has 5 nitrogen and oxygen atoms in total. The molecule has 0 aliphatic rings. The van der Waals surface area contributed by atoms with E-state index in [1.807, 2.05) is 6.92 Å². The summed E-state index contributed by atoms with van der Waals surface area (Å²) in [6, 6.07) is 1.71. The number of hydrogen-bond acceptors (Lipinski definition) is 4. The van der Waals surface area contributed by atoms with Gasteiger partial charge in [-0.2, -0.15) is 0 Å². The second kappa shape index (κ2) is 7.86. The third-order valence-electron chi connectivity index (χ3n) is 4.01. The van der Waals surface area contributed by atoms with Gasteiger partial charge >= 0.3 is 5.97 Å². The Morgan fingerprint density at radius 3 is 2.52 bits per heavy atom. The minimum atomic E-state index is -0.803. The summed E-state index contributed by atoms with van der Waals surface area (Å²) in [5.74, 6) is 0.328. The van der Waals surface area contributed by atoms with Crippen LogP contribution in [0.15, 0.2) is 12.3 Å². The van der Waals surface area contributed by atoms with E-state index in [0.29, 0.717) is 36.5 Å². The van der Waals surface area contributed by atoms with E-state index >= 15 is 0 Å². The van der Waals surface area contributed by atoms with Gasteiger partial charge in [0.1, 0.15) is 0 Å². The lowest BCUT2D eigenvalue weighted by molar-refractivity contribution is -0.149. The fourth-order valence-electron chi connectivity index (χ4n) is 2.54. The van der Waals surface area contributed by atoms with Gasteiger partial charge < -0.3 is 14.6 Å². The van der Waals surface area contributed by atoms with Crippen LogP contribution in [0.5, 0.6) is 11.5 Å².